The summed E-state index contributed by atoms with van der Waals surface area (Å²) in [5, 5.41) is 6.48. The lowest BCUT2D eigenvalue weighted by molar-refractivity contribution is -0.129. The first-order valence-corrected chi connectivity index (χ1v) is 9.68. The molecular weight excluding hydrogens is 344 g/mol. The van der Waals surface area contributed by atoms with Gasteiger partial charge in [0.2, 0.25) is 5.91 Å². The van der Waals surface area contributed by atoms with E-state index in [0.29, 0.717) is 25.7 Å². The smallest absolute Gasteiger partial charge is 0.237 e. The third kappa shape index (κ3) is 6.88. The van der Waals surface area contributed by atoms with E-state index in [4.69, 9.17) is 14.2 Å². The zero-order valence-corrected chi connectivity index (χ0v) is 16.8. The number of piperidine rings is 1. The fourth-order valence-corrected chi connectivity index (χ4v) is 3.88. The maximum Gasteiger partial charge on any atom is 0.237 e. The Balaban J connectivity index is 1.91. The molecule has 1 aromatic carbocycles. The minimum atomic E-state index is -0.673. The first kappa shape index (κ1) is 21.8. The Kier molecular flexibility index (Phi) is 9.21. The van der Waals surface area contributed by atoms with Crippen LogP contribution in [0.4, 0.5) is 0 Å². The molecule has 1 amide bonds. The maximum absolute atomic E-state index is 12.9. The second kappa shape index (κ2) is 11.4. The number of aryl methyl sites for hydroxylation is 1. The standard InChI is InChI=1S/C21H34N2O4/c1-25-14-21(15-26-2,16-27-3)23-20(24)19-13-18(11-12-22-19)10-9-17-7-5-4-6-8-17/h4-8,18-19,22H,9-16H2,1-3H3,(H,23,24). The summed E-state index contributed by atoms with van der Waals surface area (Å²) in [6.07, 6.45) is 4.12. The quantitative estimate of drug-likeness (QED) is 0.614. The molecule has 0 aromatic heterocycles. The third-order valence-corrected chi connectivity index (χ3v) is 5.16. The van der Waals surface area contributed by atoms with Crippen LogP contribution in [-0.4, -0.2) is 65.2 Å². The molecule has 0 aliphatic carbocycles. The molecule has 27 heavy (non-hydrogen) atoms. The Morgan fingerprint density at radius 2 is 1.74 bits per heavy atom. The van der Waals surface area contributed by atoms with E-state index in [2.05, 4.69) is 34.9 Å². The van der Waals surface area contributed by atoms with Crippen molar-refractivity contribution in [1.29, 1.82) is 0 Å². The van der Waals surface area contributed by atoms with E-state index < -0.39 is 5.54 Å². The molecule has 1 fully saturated rings. The van der Waals surface area contributed by atoms with E-state index >= 15 is 0 Å². The first-order valence-electron chi connectivity index (χ1n) is 9.68. The summed E-state index contributed by atoms with van der Waals surface area (Å²) in [6, 6.07) is 10.3. The lowest BCUT2D eigenvalue weighted by atomic mass is 9.87. The van der Waals surface area contributed by atoms with Crippen molar-refractivity contribution in [2.75, 3.05) is 47.7 Å². The number of hydrogen-bond acceptors (Lipinski definition) is 5. The summed E-state index contributed by atoms with van der Waals surface area (Å²) in [7, 11) is 4.85. The molecule has 2 atom stereocenters. The van der Waals surface area contributed by atoms with Crippen LogP contribution in [0, 0.1) is 5.92 Å². The first-order chi connectivity index (χ1) is 13.1. The molecule has 0 radical (unpaired) electrons. The van der Waals surface area contributed by atoms with Crippen LogP contribution in [0.1, 0.15) is 24.8 Å². The molecule has 2 rings (SSSR count). The van der Waals surface area contributed by atoms with E-state index in [0.717, 1.165) is 32.2 Å². The van der Waals surface area contributed by atoms with Crippen molar-refractivity contribution in [3.05, 3.63) is 35.9 Å². The molecule has 1 aliphatic heterocycles. The van der Waals surface area contributed by atoms with Gasteiger partial charge >= 0.3 is 0 Å². The molecule has 2 N–H and O–H groups in total. The van der Waals surface area contributed by atoms with Gasteiger partial charge in [-0.25, -0.2) is 0 Å². The molecule has 1 saturated heterocycles. The molecule has 0 saturated carbocycles. The summed E-state index contributed by atoms with van der Waals surface area (Å²) < 4.78 is 15.9. The molecule has 1 heterocycles. The fourth-order valence-electron chi connectivity index (χ4n) is 3.88. The Morgan fingerprint density at radius 3 is 2.33 bits per heavy atom. The predicted octanol–water partition coefficient (Wildman–Crippen LogP) is 1.78. The number of nitrogens with one attached hydrogen (secondary N) is 2. The molecular formula is C21H34N2O4. The van der Waals surface area contributed by atoms with E-state index in [1.807, 2.05) is 6.07 Å². The van der Waals surface area contributed by atoms with Crippen molar-refractivity contribution < 1.29 is 19.0 Å². The van der Waals surface area contributed by atoms with Gasteiger partial charge in [-0.05, 0) is 43.7 Å². The summed E-state index contributed by atoms with van der Waals surface area (Å²) in [5.41, 5.74) is 0.685. The minimum Gasteiger partial charge on any atom is -0.382 e. The zero-order valence-electron chi connectivity index (χ0n) is 16.8. The van der Waals surface area contributed by atoms with Crippen LogP contribution in [0.15, 0.2) is 30.3 Å². The molecule has 0 spiro atoms. The monoisotopic (exact) mass is 378 g/mol. The van der Waals surface area contributed by atoms with Crippen molar-refractivity contribution in [3.63, 3.8) is 0 Å². The van der Waals surface area contributed by atoms with Gasteiger partial charge in [-0.3, -0.25) is 4.79 Å². The second-order valence-electron chi connectivity index (χ2n) is 7.49. The van der Waals surface area contributed by atoms with E-state index in [1.165, 1.54) is 5.56 Å². The number of amides is 1. The van der Waals surface area contributed by atoms with Crippen LogP contribution in [-0.2, 0) is 25.4 Å². The maximum atomic E-state index is 12.9. The summed E-state index contributed by atoms with van der Waals surface area (Å²) in [6.45, 7) is 1.88. The minimum absolute atomic E-state index is 0.00874. The number of methoxy groups -OCH3 is 3. The van der Waals surface area contributed by atoms with Gasteiger partial charge in [-0.15, -0.1) is 0 Å². The summed E-state index contributed by atoms with van der Waals surface area (Å²) >= 11 is 0. The predicted molar refractivity (Wildman–Crippen MR) is 106 cm³/mol. The lowest BCUT2D eigenvalue weighted by Gasteiger charge is -2.36. The van der Waals surface area contributed by atoms with Crippen molar-refractivity contribution in [2.45, 2.75) is 37.3 Å². The molecule has 2 unspecified atom stereocenters. The summed E-state index contributed by atoms with van der Waals surface area (Å²) in [5.74, 6) is 0.537. The van der Waals surface area contributed by atoms with Gasteiger partial charge in [0.25, 0.3) is 0 Å². The lowest BCUT2D eigenvalue weighted by Crippen LogP contribution is -2.62. The van der Waals surface area contributed by atoms with Gasteiger partial charge in [0.05, 0.1) is 25.9 Å². The second-order valence-corrected chi connectivity index (χ2v) is 7.49. The van der Waals surface area contributed by atoms with Gasteiger partial charge in [0.1, 0.15) is 5.54 Å². The zero-order chi connectivity index (χ0) is 19.5. The molecule has 0 bridgehead atoms. The average Bonchev–Trinajstić information content (AvgIpc) is 2.68. The summed E-state index contributed by atoms with van der Waals surface area (Å²) in [4.78, 5) is 12.9. The number of carbonyl (C=O) groups is 1. The van der Waals surface area contributed by atoms with E-state index in [1.54, 1.807) is 21.3 Å². The highest BCUT2D eigenvalue weighted by Gasteiger charge is 2.36. The number of ether oxygens (including phenoxy) is 3. The van der Waals surface area contributed by atoms with Crippen molar-refractivity contribution in [2.24, 2.45) is 5.92 Å². The molecule has 1 aromatic rings. The van der Waals surface area contributed by atoms with Crippen LogP contribution in [0.5, 0.6) is 0 Å². The largest absolute Gasteiger partial charge is 0.382 e. The van der Waals surface area contributed by atoms with Crippen molar-refractivity contribution in [1.82, 2.24) is 10.6 Å². The highest BCUT2D eigenvalue weighted by molar-refractivity contribution is 5.82. The number of hydrogen-bond donors (Lipinski definition) is 2. The van der Waals surface area contributed by atoms with Gasteiger partial charge < -0.3 is 24.8 Å². The molecule has 6 nitrogen and oxygen atoms in total. The van der Waals surface area contributed by atoms with Gasteiger partial charge in [0.15, 0.2) is 0 Å². The number of benzene rings is 1. The van der Waals surface area contributed by atoms with Crippen molar-refractivity contribution >= 4 is 5.91 Å². The van der Waals surface area contributed by atoms with Gasteiger partial charge in [-0.1, -0.05) is 30.3 Å². The highest BCUT2D eigenvalue weighted by atomic mass is 16.5. The Bertz CT molecular complexity index is 535. The average molecular weight is 379 g/mol. The molecule has 152 valence electrons. The molecule has 1 aliphatic rings. The molecule has 6 heteroatoms. The Morgan fingerprint density at radius 1 is 1.11 bits per heavy atom. The van der Waals surface area contributed by atoms with Crippen LogP contribution in [0.3, 0.4) is 0 Å². The fraction of sp³-hybridized carbons (Fsp3) is 0.667. The third-order valence-electron chi connectivity index (χ3n) is 5.16. The number of rotatable bonds is 11. The van der Waals surface area contributed by atoms with Crippen LogP contribution in [0.25, 0.3) is 0 Å². The van der Waals surface area contributed by atoms with Gasteiger partial charge in [-0.2, -0.15) is 0 Å². The highest BCUT2D eigenvalue weighted by Crippen LogP contribution is 2.22. The van der Waals surface area contributed by atoms with E-state index in [-0.39, 0.29) is 11.9 Å². The van der Waals surface area contributed by atoms with Crippen LogP contribution in [0.2, 0.25) is 0 Å². The van der Waals surface area contributed by atoms with E-state index in [9.17, 15) is 4.79 Å². The van der Waals surface area contributed by atoms with Crippen LogP contribution >= 0.6 is 0 Å². The topological polar surface area (TPSA) is 68.8 Å². The normalized spacial score (nSPS) is 20.4. The Hall–Kier alpha value is -1.47. The van der Waals surface area contributed by atoms with Gasteiger partial charge in [0, 0.05) is 21.3 Å². The SMILES string of the molecule is COCC(COC)(COC)NC(=O)C1CC(CCc2ccccc2)CCN1. The Labute approximate surface area is 163 Å². The van der Waals surface area contributed by atoms with Crippen molar-refractivity contribution in [3.8, 4) is 0 Å². The van der Waals surface area contributed by atoms with Crippen LogP contribution < -0.4 is 10.6 Å². The number of carbonyl (C=O) groups excluding carboxylic acids is 1.